The SMILES string of the molecule is O=C(CCc1csc2nc(-c3ccccc3)cn12)N1CCCC1. The van der Waals surface area contributed by atoms with Gasteiger partial charge in [-0.3, -0.25) is 9.20 Å². The third kappa shape index (κ3) is 2.88. The summed E-state index contributed by atoms with van der Waals surface area (Å²) in [5.74, 6) is 0.283. The van der Waals surface area contributed by atoms with Gasteiger partial charge in [0.2, 0.25) is 5.91 Å². The molecule has 23 heavy (non-hydrogen) atoms. The molecule has 3 aromatic rings. The van der Waals surface area contributed by atoms with E-state index in [0.29, 0.717) is 6.42 Å². The van der Waals surface area contributed by atoms with Crippen LogP contribution < -0.4 is 0 Å². The first kappa shape index (κ1) is 14.5. The molecular weight excluding hydrogens is 306 g/mol. The van der Waals surface area contributed by atoms with Gasteiger partial charge in [-0.15, -0.1) is 11.3 Å². The monoisotopic (exact) mass is 325 g/mol. The predicted molar refractivity (Wildman–Crippen MR) is 92.6 cm³/mol. The lowest BCUT2D eigenvalue weighted by Gasteiger charge is -2.14. The Morgan fingerprint density at radius 2 is 1.96 bits per heavy atom. The molecule has 0 aliphatic carbocycles. The number of hydrogen-bond acceptors (Lipinski definition) is 3. The van der Waals surface area contributed by atoms with Crippen LogP contribution in [0.25, 0.3) is 16.2 Å². The minimum absolute atomic E-state index is 0.283. The van der Waals surface area contributed by atoms with Gasteiger partial charge in [0.05, 0.1) is 5.69 Å². The van der Waals surface area contributed by atoms with E-state index in [-0.39, 0.29) is 5.91 Å². The molecule has 1 aliphatic heterocycles. The normalized spacial score (nSPS) is 14.7. The number of carbonyl (C=O) groups excluding carboxylic acids is 1. The molecule has 4 nitrogen and oxygen atoms in total. The molecule has 3 heterocycles. The molecule has 0 atom stereocenters. The summed E-state index contributed by atoms with van der Waals surface area (Å²) in [7, 11) is 0. The highest BCUT2D eigenvalue weighted by molar-refractivity contribution is 7.15. The van der Waals surface area contributed by atoms with Crippen molar-refractivity contribution in [2.45, 2.75) is 25.7 Å². The molecule has 0 unspecified atom stereocenters. The van der Waals surface area contributed by atoms with Crippen LogP contribution in [0, 0.1) is 0 Å². The lowest BCUT2D eigenvalue weighted by atomic mass is 10.2. The number of amides is 1. The Hall–Kier alpha value is -2.14. The number of nitrogens with zero attached hydrogens (tertiary/aromatic N) is 3. The Kier molecular flexibility index (Phi) is 3.87. The molecular formula is C18H19N3OS. The number of hydrogen-bond donors (Lipinski definition) is 0. The highest BCUT2D eigenvalue weighted by atomic mass is 32.1. The maximum atomic E-state index is 12.2. The first-order valence-corrected chi connectivity index (χ1v) is 8.98. The lowest BCUT2D eigenvalue weighted by Crippen LogP contribution is -2.27. The fraction of sp³-hybridized carbons (Fsp3) is 0.333. The summed E-state index contributed by atoms with van der Waals surface area (Å²) in [5, 5.41) is 2.12. The maximum absolute atomic E-state index is 12.2. The molecule has 5 heteroatoms. The average Bonchev–Trinajstić information content (AvgIpc) is 3.30. The molecule has 1 aromatic carbocycles. The van der Waals surface area contributed by atoms with Crippen LogP contribution in [0.5, 0.6) is 0 Å². The van der Waals surface area contributed by atoms with E-state index in [0.717, 1.165) is 48.6 Å². The Bertz CT molecular complexity index is 815. The molecule has 1 saturated heterocycles. The van der Waals surface area contributed by atoms with Crippen molar-refractivity contribution in [1.29, 1.82) is 0 Å². The van der Waals surface area contributed by atoms with Crippen molar-refractivity contribution in [1.82, 2.24) is 14.3 Å². The van der Waals surface area contributed by atoms with Crippen molar-refractivity contribution in [3.63, 3.8) is 0 Å². The average molecular weight is 325 g/mol. The highest BCUT2D eigenvalue weighted by Gasteiger charge is 2.18. The quantitative estimate of drug-likeness (QED) is 0.735. The zero-order chi connectivity index (χ0) is 15.6. The van der Waals surface area contributed by atoms with Gasteiger partial charge in [-0.25, -0.2) is 4.98 Å². The van der Waals surface area contributed by atoms with E-state index in [1.165, 1.54) is 5.69 Å². The van der Waals surface area contributed by atoms with Gasteiger partial charge in [-0.1, -0.05) is 30.3 Å². The molecule has 1 aliphatic rings. The van der Waals surface area contributed by atoms with Gasteiger partial charge >= 0.3 is 0 Å². The fourth-order valence-corrected chi connectivity index (χ4v) is 4.02. The Morgan fingerprint density at radius 3 is 2.74 bits per heavy atom. The van der Waals surface area contributed by atoms with Crippen LogP contribution in [0.1, 0.15) is 25.0 Å². The number of rotatable bonds is 4. The number of aromatic nitrogens is 2. The smallest absolute Gasteiger partial charge is 0.222 e. The van der Waals surface area contributed by atoms with E-state index in [1.807, 2.05) is 23.1 Å². The molecule has 0 bridgehead atoms. The van der Waals surface area contributed by atoms with Gasteiger partial charge in [0.1, 0.15) is 0 Å². The van der Waals surface area contributed by atoms with Crippen molar-refractivity contribution in [2.75, 3.05) is 13.1 Å². The van der Waals surface area contributed by atoms with Gasteiger partial charge < -0.3 is 4.90 Å². The first-order chi connectivity index (χ1) is 11.3. The highest BCUT2D eigenvalue weighted by Crippen LogP contribution is 2.24. The van der Waals surface area contributed by atoms with Gasteiger partial charge in [0, 0.05) is 42.3 Å². The lowest BCUT2D eigenvalue weighted by molar-refractivity contribution is -0.130. The van der Waals surface area contributed by atoms with Crippen molar-refractivity contribution >= 4 is 22.2 Å². The second-order valence-corrected chi connectivity index (χ2v) is 6.80. The number of imidazole rings is 1. The molecule has 2 aromatic heterocycles. The van der Waals surface area contributed by atoms with E-state index >= 15 is 0 Å². The second kappa shape index (κ2) is 6.16. The first-order valence-electron chi connectivity index (χ1n) is 8.10. The minimum atomic E-state index is 0.283. The van der Waals surface area contributed by atoms with Crippen molar-refractivity contribution in [3.05, 3.63) is 47.6 Å². The van der Waals surface area contributed by atoms with Crippen LogP contribution in [0.3, 0.4) is 0 Å². The fourth-order valence-electron chi connectivity index (χ4n) is 3.12. The number of fused-ring (bicyclic) bond motifs is 1. The van der Waals surface area contributed by atoms with Crippen LogP contribution in [0.15, 0.2) is 41.9 Å². The molecule has 4 rings (SSSR count). The molecule has 0 saturated carbocycles. The summed E-state index contributed by atoms with van der Waals surface area (Å²) in [6, 6.07) is 10.2. The summed E-state index contributed by atoms with van der Waals surface area (Å²) in [4.78, 5) is 19.9. The number of benzene rings is 1. The Morgan fingerprint density at radius 1 is 1.17 bits per heavy atom. The summed E-state index contributed by atoms with van der Waals surface area (Å²) in [5.41, 5.74) is 3.29. The van der Waals surface area contributed by atoms with E-state index in [1.54, 1.807) is 11.3 Å². The van der Waals surface area contributed by atoms with Crippen LogP contribution >= 0.6 is 11.3 Å². The molecule has 0 spiro atoms. The Labute approximate surface area is 139 Å². The predicted octanol–water partition coefficient (Wildman–Crippen LogP) is 3.62. The number of likely N-dealkylation sites (tertiary alicyclic amines) is 1. The summed E-state index contributed by atoms with van der Waals surface area (Å²) >= 11 is 1.64. The molecule has 1 amide bonds. The van der Waals surface area contributed by atoms with Gasteiger partial charge in [0.25, 0.3) is 0 Å². The van der Waals surface area contributed by atoms with Crippen molar-refractivity contribution in [3.8, 4) is 11.3 Å². The van der Waals surface area contributed by atoms with Crippen LogP contribution in [0.4, 0.5) is 0 Å². The van der Waals surface area contributed by atoms with Crippen LogP contribution in [0.2, 0.25) is 0 Å². The van der Waals surface area contributed by atoms with E-state index in [4.69, 9.17) is 4.98 Å². The third-order valence-electron chi connectivity index (χ3n) is 4.41. The third-order valence-corrected chi connectivity index (χ3v) is 5.30. The topological polar surface area (TPSA) is 37.6 Å². The van der Waals surface area contributed by atoms with Gasteiger partial charge in [-0.2, -0.15) is 0 Å². The largest absolute Gasteiger partial charge is 0.343 e. The standard InChI is InChI=1S/C18H19N3OS/c22-17(20-10-4-5-11-20)9-8-15-13-23-18-19-16(12-21(15)18)14-6-2-1-3-7-14/h1-3,6-7,12-13H,4-5,8-11H2. The molecule has 0 radical (unpaired) electrons. The summed E-state index contributed by atoms with van der Waals surface area (Å²) < 4.78 is 2.13. The van der Waals surface area contributed by atoms with Crippen LogP contribution in [-0.2, 0) is 11.2 Å². The van der Waals surface area contributed by atoms with Crippen molar-refractivity contribution < 1.29 is 4.79 Å². The Balaban J connectivity index is 1.51. The van der Waals surface area contributed by atoms with Crippen molar-refractivity contribution in [2.24, 2.45) is 0 Å². The number of thiazole rings is 1. The van der Waals surface area contributed by atoms with E-state index in [2.05, 4.69) is 28.1 Å². The zero-order valence-corrected chi connectivity index (χ0v) is 13.8. The van der Waals surface area contributed by atoms with Gasteiger partial charge in [0.15, 0.2) is 4.96 Å². The summed E-state index contributed by atoms with van der Waals surface area (Å²) in [6.07, 6.45) is 5.74. The number of aryl methyl sites for hydroxylation is 1. The van der Waals surface area contributed by atoms with Crippen LogP contribution in [-0.4, -0.2) is 33.3 Å². The van der Waals surface area contributed by atoms with E-state index < -0.39 is 0 Å². The minimum Gasteiger partial charge on any atom is -0.343 e. The number of carbonyl (C=O) groups is 1. The maximum Gasteiger partial charge on any atom is 0.222 e. The summed E-state index contributed by atoms with van der Waals surface area (Å²) in [6.45, 7) is 1.86. The zero-order valence-electron chi connectivity index (χ0n) is 12.9. The molecule has 1 fully saturated rings. The van der Waals surface area contributed by atoms with E-state index in [9.17, 15) is 4.79 Å². The second-order valence-electron chi connectivity index (χ2n) is 5.96. The molecule has 118 valence electrons. The molecule has 0 N–H and O–H groups in total. The van der Waals surface area contributed by atoms with Gasteiger partial charge in [-0.05, 0) is 19.3 Å².